The monoisotopic (exact) mass is 378 g/mol. The Kier molecular flexibility index (Phi) is 6.70. The van der Waals surface area contributed by atoms with Crippen LogP contribution in [0.25, 0.3) is 0 Å². The number of fused-ring (bicyclic) bond motifs is 1. The van der Waals surface area contributed by atoms with Gasteiger partial charge in [-0.1, -0.05) is 43.2 Å². The van der Waals surface area contributed by atoms with Crippen molar-refractivity contribution in [3.05, 3.63) is 35.9 Å². The molecule has 26 heavy (non-hydrogen) atoms. The van der Waals surface area contributed by atoms with Gasteiger partial charge in [-0.05, 0) is 43.6 Å². The molecule has 2 unspecified atom stereocenters. The van der Waals surface area contributed by atoms with E-state index in [-0.39, 0.29) is 11.7 Å². The van der Waals surface area contributed by atoms with Crippen molar-refractivity contribution >= 4 is 15.9 Å². The molecule has 1 aromatic carbocycles. The molecule has 1 saturated heterocycles. The van der Waals surface area contributed by atoms with Crippen LogP contribution in [0.2, 0.25) is 0 Å². The van der Waals surface area contributed by atoms with Crippen LogP contribution in [0.1, 0.15) is 56.9 Å². The molecule has 2 aliphatic rings. The molecular formula is C20H30N2O3S. The first kappa shape index (κ1) is 19.4. The zero-order valence-corrected chi connectivity index (χ0v) is 16.2. The minimum absolute atomic E-state index is 0.0162. The molecule has 6 heteroatoms. The zero-order valence-electron chi connectivity index (χ0n) is 15.4. The number of carbonyl (C=O) groups excluding carboxylic acids is 1. The molecule has 0 aromatic heterocycles. The van der Waals surface area contributed by atoms with Gasteiger partial charge in [0, 0.05) is 25.6 Å². The summed E-state index contributed by atoms with van der Waals surface area (Å²) in [6.07, 6.45) is 8.27. The van der Waals surface area contributed by atoms with Crippen LogP contribution >= 0.6 is 0 Å². The SMILES string of the molecule is O=C(CCCNS(=O)(=O)Cc1ccccc1)N1CCCC2CCCCC21. The maximum absolute atomic E-state index is 12.6. The summed E-state index contributed by atoms with van der Waals surface area (Å²) in [5.74, 6) is 0.868. The highest BCUT2D eigenvalue weighted by Gasteiger charge is 2.35. The summed E-state index contributed by atoms with van der Waals surface area (Å²) >= 11 is 0. The summed E-state index contributed by atoms with van der Waals surface area (Å²) in [5.41, 5.74) is 0.771. The van der Waals surface area contributed by atoms with Crippen molar-refractivity contribution in [3.63, 3.8) is 0 Å². The Balaban J connectivity index is 1.42. The summed E-state index contributed by atoms with van der Waals surface area (Å²) in [5, 5.41) is 0. The van der Waals surface area contributed by atoms with Gasteiger partial charge >= 0.3 is 0 Å². The first-order valence-electron chi connectivity index (χ1n) is 9.86. The van der Waals surface area contributed by atoms with E-state index < -0.39 is 10.0 Å². The second kappa shape index (κ2) is 9.00. The van der Waals surface area contributed by atoms with Crippen molar-refractivity contribution in [2.75, 3.05) is 13.1 Å². The topological polar surface area (TPSA) is 66.5 Å². The van der Waals surface area contributed by atoms with E-state index in [9.17, 15) is 13.2 Å². The van der Waals surface area contributed by atoms with Gasteiger partial charge in [-0.3, -0.25) is 4.79 Å². The number of rotatable bonds is 7. The molecule has 2 atom stereocenters. The Morgan fingerprint density at radius 2 is 1.81 bits per heavy atom. The lowest BCUT2D eigenvalue weighted by atomic mass is 9.78. The van der Waals surface area contributed by atoms with Gasteiger partial charge in [-0.2, -0.15) is 0 Å². The smallest absolute Gasteiger partial charge is 0.222 e. The maximum Gasteiger partial charge on any atom is 0.222 e. The fraction of sp³-hybridized carbons (Fsp3) is 0.650. The first-order chi connectivity index (χ1) is 12.6. The Labute approximate surface area is 157 Å². The molecule has 1 aliphatic heterocycles. The Bertz CT molecular complexity index is 688. The number of benzene rings is 1. The molecule has 0 radical (unpaired) electrons. The third-order valence-corrected chi connectivity index (χ3v) is 7.01. The van der Waals surface area contributed by atoms with Crippen molar-refractivity contribution in [1.82, 2.24) is 9.62 Å². The molecule has 1 aromatic rings. The number of piperidine rings is 1. The van der Waals surface area contributed by atoms with Crippen molar-refractivity contribution in [3.8, 4) is 0 Å². The zero-order chi connectivity index (χ0) is 18.4. The highest BCUT2D eigenvalue weighted by atomic mass is 32.2. The van der Waals surface area contributed by atoms with Gasteiger partial charge in [-0.25, -0.2) is 13.1 Å². The Morgan fingerprint density at radius 1 is 1.08 bits per heavy atom. The predicted molar refractivity (Wildman–Crippen MR) is 103 cm³/mol. The van der Waals surface area contributed by atoms with Gasteiger partial charge in [0.15, 0.2) is 0 Å². The molecule has 5 nitrogen and oxygen atoms in total. The Morgan fingerprint density at radius 3 is 2.62 bits per heavy atom. The number of hydrogen-bond donors (Lipinski definition) is 1. The van der Waals surface area contributed by atoms with Crippen molar-refractivity contribution in [1.29, 1.82) is 0 Å². The van der Waals surface area contributed by atoms with E-state index in [2.05, 4.69) is 9.62 Å². The van der Waals surface area contributed by atoms with Gasteiger partial charge in [0.05, 0.1) is 5.75 Å². The highest BCUT2D eigenvalue weighted by Crippen LogP contribution is 2.35. The van der Waals surface area contributed by atoms with E-state index in [1.807, 2.05) is 18.2 Å². The average Bonchev–Trinajstić information content (AvgIpc) is 2.65. The van der Waals surface area contributed by atoms with E-state index in [4.69, 9.17) is 0 Å². The summed E-state index contributed by atoms with van der Waals surface area (Å²) in [6.45, 7) is 1.20. The lowest BCUT2D eigenvalue weighted by Crippen LogP contribution is -2.49. The summed E-state index contributed by atoms with van der Waals surface area (Å²) in [7, 11) is -3.35. The largest absolute Gasteiger partial charge is 0.339 e. The van der Waals surface area contributed by atoms with Crippen molar-refractivity contribution < 1.29 is 13.2 Å². The average molecular weight is 379 g/mol. The van der Waals surface area contributed by atoms with E-state index in [1.165, 1.54) is 25.7 Å². The molecule has 2 fully saturated rings. The normalized spacial score (nSPS) is 23.5. The quantitative estimate of drug-likeness (QED) is 0.742. The molecular weight excluding hydrogens is 348 g/mol. The fourth-order valence-electron chi connectivity index (χ4n) is 4.39. The lowest BCUT2D eigenvalue weighted by molar-refractivity contribution is -0.137. The standard InChI is InChI=1S/C20H30N2O3S/c23-20(22-15-7-11-18-10-4-5-12-19(18)22)13-6-14-21-26(24,25)16-17-8-2-1-3-9-17/h1-3,8-9,18-19,21H,4-7,10-16H2. The fourth-order valence-corrected chi connectivity index (χ4v) is 5.58. The second-order valence-corrected chi connectivity index (χ2v) is 9.39. The number of nitrogens with zero attached hydrogens (tertiary/aromatic N) is 1. The minimum Gasteiger partial charge on any atom is -0.339 e. The molecule has 1 saturated carbocycles. The highest BCUT2D eigenvalue weighted by molar-refractivity contribution is 7.88. The number of sulfonamides is 1. The molecule has 144 valence electrons. The van der Waals surface area contributed by atoms with Crippen LogP contribution in [0, 0.1) is 5.92 Å². The molecule has 3 rings (SSSR count). The van der Waals surface area contributed by atoms with Crippen LogP contribution in [0.5, 0.6) is 0 Å². The van der Waals surface area contributed by atoms with Crippen molar-refractivity contribution in [2.45, 2.75) is 63.2 Å². The molecule has 0 bridgehead atoms. The molecule has 1 N–H and O–H groups in total. The maximum atomic E-state index is 12.6. The van der Waals surface area contributed by atoms with Gasteiger partial charge in [0.25, 0.3) is 0 Å². The van der Waals surface area contributed by atoms with E-state index >= 15 is 0 Å². The third-order valence-electron chi connectivity index (χ3n) is 5.65. The van der Waals surface area contributed by atoms with Gasteiger partial charge in [0.2, 0.25) is 15.9 Å². The molecule has 0 spiro atoms. The number of amides is 1. The van der Waals surface area contributed by atoms with Crippen LogP contribution in [-0.2, 0) is 20.6 Å². The summed E-state index contributed by atoms with van der Waals surface area (Å²) in [6, 6.07) is 9.58. The van der Waals surface area contributed by atoms with Gasteiger partial charge < -0.3 is 4.90 Å². The van der Waals surface area contributed by atoms with Crippen LogP contribution in [0.15, 0.2) is 30.3 Å². The van der Waals surface area contributed by atoms with E-state index in [1.54, 1.807) is 12.1 Å². The van der Waals surface area contributed by atoms with E-state index in [0.29, 0.717) is 31.3 Å². The second-order valence-electron chi connectivity index (χ2n) is 7.58. The van der Waals surface area contributed by atoms with Gasteiger partial charge in [0.1, 0.15) is 0 Å². The summed E-state index contributed by atoms with van der Waals surface area (Å²) < 4.78 is 26.9. The number of nitrogens with one attached hydrogen (secondary N) is 1. The predicted octanol–water partition coefficient (Wildman–Crippen LogP) is 3.07. The summed E-state index contributed by atoms with van der Waals surface area (Å²) in [4.78, 5) is 14.7. The molecule has 1 heterocycles. The minimum atomic E-state index is -3.35. The molecule has 1 aliphatic carbocycles. The first-order valence-corrected chi connectivity index (χ1v) is 11.5. The lowest BCUT2D eigenvalue weighted by Gasteiger charge is -2.44. The Hall–Kier alpha value is -1.40. The van der Waals surface area contributed by atoms with Crippen LogP contribution in [0.3, 0.4) is 0 Å². The van der Waals surface area contributed by atoms with Crippen molar-refractivity contribution in [2.24, 2.45) is 5.92 Å². The van der Waals surface area contributed by atoms with Crippen LogP contribution in [-0.4, -0.2) is 38.4 Å². The third kappa shape index (κ3) is 5.30. The number of likely N-dealkylation sites (tertiary alicyclic amines) is 1. The van der Waals surface area contributed by atoms with Gasteiger partial charge in [-0.15, -0.1) is 0 Å². The van der Waals surface area contributed by atoms with Crippen LogP contribution in [0.4, 0.5) is 0 Å². The van der Waals surface area contributed by atoms with Crippen LogP contribution < -0.4 is 4.72 Å². The number of hydrogen-bond acceptors (Lipinski definition) is 3. The van der Waals surface area contributed by atoms with E-state index in [0.717, 1.165) is 24.9 Å². The number of carbonyl (C=O) groups is 1. The molecule has 1 amide bonds.